The summed E-state index contributed by atoms with van der Waals surface area (Å²) < 4.78 is 5.77. The predicted octanol–water partition coefficient (Wildman–Crippen LogP) is 4.26. The van der Waals surface area contributed by atoms with Crippen LogP contribution in [-0.2, 0) is 0 Å². The molecule has 1 aromatic carbocycles. The zero-order chi connectivity index (χ0) is 17.4. The van der Waals surface area contributed by atoms with E-state index in [0.29, 0.717) is 10.7 Å². The number of benzene rings is 1. The molecule has 1 saturated heterocycles. The Morgan fingerprint density at radius 1 is 1.36 bits per heavy atom. The monoisotopic (exact) mass is 477 g/mol. The lowest BCUT2D eigenvalue weighted by atomic mass is 10.0. The van der Waals surface area contributed by atoms with Gasteiger partial charge in [-0.15, -0.1) is 24.0 Å². The Labute approximate surface area is 174 Å². The number of hydrogen-bond acceptors (Lipinski definition) is 3. The van der Waals surface area contributed by atoms with Crippen LogP contribution in [0.2, 0.25) is 0 Å². The van der Waals surface area contributed by atoms with Crippen LogP contribution < -0.4 is 15.4 Å². The Bertz CT molecular complexity index is 547. The number of para-hydroxylation sites is 1. The molecule has 1 aliphatic rings. The second-order valence-electron chi connectivity index (χ2n) is 6.62. The molecule has 25 heavy (non-hydrogen) atoms. The highest BCUT2D eigenvalue weighted by Crippen LogP contribution is 2.37. The summed E-state index contributed by atoms with van der Waals surface area (Å²) in [6.45, 7) is 9.22. The van der Waals surface area contributed by atoms with Crippen molar-refractivity contribution in [2.45, 2.75) is 44.3 Å². The lowest BCUT2D eigenvalue weighted by Crippen LogP contribution is -2.40. The van der Waals surface area contributed by atoms with Crippen LogP contribution >= 0.6 is 35.7 Å². The fourth-order valence-corrected chi connectivity index (χ4v) is 4.21. The molecule has 0 saturated carbocycles. The quantitative estimate of drug-likeness (QED) is 0.350. The van der Waals surface area contributed by atoms with E-state index in [-0.39, 0.29) is 24.0 Å². The van der Waals surface area contributed by atoms with Gasteiger partial charge in [-0.3, -0.25) is 4.99 Å². The van der Waals surface area contributed by atoms with Gasteiger partial charge in [0.05, 0.1) is 13.7 Å². The molecule has 2 unspecified atom stereocenters. The van der Waals surface area contributed by atoms with Gasteiger partial charge in [0.1, 0.15) is 5.75 Å². The van der Waals surface area contributed by atoms with E-state index in [1.165, 1.54) is 24.2 Å². The average molecular weight is 477 g/mol. The first-order valence-corrected chi connectivity index (χ1v) is 9.85. The van der Waals surface area contributed by atoms with E-state index in [4.69, 9.17) is 9.73 Å². The molecule has 0 aromatic heterocycles. The fourth-order valence-electron chi connectivity index (χ4n) is 2.98. The summed E-state index contributed by atoms with van der Waals surface area (Å²) in [6.07, 6.45) is 2.57. The molecule has 0 bridgehead atoms. The van der Waals surface area contributed by atoms with Crippen LogP contribution in [0.4, 0.5) is 0 Å². The van der Waals surface area contributed by atoms with Gasteiger partial charge in [-0.1, -0.05) is 25.1 Å². The molecule has 0 radical (unpaired) electrons. The third kappa shape index (κ3) is 6.89. The van der Waals surface area contributed by atoms with Gasteiger partial charge in [-0.2, -0.15) is 11.8 Å². The normalized spacial score (nSPS) is 21.4. The number of halogens is 1. The van der Waals surface area contributed by atoms with Crippen molar-refractivity contribution in [1.29, 1.82) is 0 Å². The summed E-state index contributed by atoms with van der Waals surface area (Å²) >= 11 is 2.05. The second-order valence-corrected chi connectivity index (χ2v) is 8.30. The van der Waals surface area contributed by atoms with Gasteiger partial charge < -0.3 is 15.4 Å². The summed E-state index contributed by atoms with van der Waals surface area (Å²) in [5.41, 5.74) is 1.22. The zero-order valence-corrected chi connectivity index (χ0v) is 18.9. The molecule has 0 spiro atoms. The molecule has 1 fully saturated rings. The summed E-state index contributed by atoms with van der Waals surface area (Å²) in [5.74, 6) is 3.47. The summed E-state index contributed by atoms with van der Waals surface area (Å²) in [7, 11) is 1.73. The molecule has 2 rings (SSSR count). The van der Waals surface area contributed by atoms with Gasteiger partial charge in [-0.25, -0.2) is 0 Å². The van der Waals surface area contributed by atoms with Crippen LogP contribution in [0.5, 0.6) is 5.75 Å². The van der Waals surface area contributed by atoms with Gasteiger partial charge in [0.25, 0.3) is 0 Å². The molecule has 2 N–H and O–H groups in total. The van der Waals surface area contributed by atoms with Crippen LogP contribution in [0.1, 0.15) is 45.1 Å². The number of guanidine groups is 1. The molecule has 0 aliphatic carbocycles. The lowest BCUT2D eigenvalue weighted by molar-refractivity contribution is 0.406. The first kappa shape index (κ1) is 22.4. The SMILES string of the molecule is CCNC(=NCC1(C)CCCS1)NCC(C)c1ccccc1OC.I. The minimum Gasteiger partial charge on any atom is -0.496 e. The Kier molecular flexibility index (Phi) is 10.0. The Balaban J connectivity index is 0.00000312. The summed E-state index contributed by atoms with van der Waals surface area (Å²) in [6, 6.07) is 8.22. The largest absolute Gasteiger partial charge is 0.496 e. The lowest BCUT2D eigenvalue weighted by Gasteiger charge is -2.22. The second kappa shape index (κ2) is 11.2. The van der Waals surface area contributed by atoms with Crippen molar-refractivity contribution in [1.82, 2.24) is 10.6 Å². The molecule has 1 aliphatic heterocycles. The van der Waals surface area contributed by atoms with Crippen LogP contribution in [-0.4, -0.2) is 43.2 Å². The molecule has 6 heteroatoms. The highest BCUT2D eigenvalue weighted by molar-refractivity contribution is 14.0. The van der Waals surface area contributed by atoms with E-state index in [0.717, 1.165) is 31.3 Å². The molecule has 0 amide bonds. The summed E-state index contributed by atoms with van der Waals surface area (Å²) in [4.78, 5) is 4.82. The molecule has 1 heterocycles. The van der Waals surface area contributed by atoms with Crippen molar-refractivity contribution < 1.29 is 4.74 Å². The van der Waals surface area contributed by atoms with E-state index >= 15 is 0 Å². The number of thioether (sulfide) groups is 1. The van der Waals surface area contributed by atoms with E-state index in [1.54, 1.807) is 7.11 Å². The summed E-state index contributed by atoms with van der Waals surface area (Å²) in [5, 5.41) is 6.84. The van der Waals surface area contributed by atoms with Gasteiger partial charge in [0, 0.05) is 23.8 Å². The third-order valence-corrected chi connectivity index (χ3v) is 5.98. The molecule has 142 valence electrons. The highest BCUT2D eigenvalue weighted by atomic mass is 127. The fraction of sp³-hybridized carbons (Fsp3) is 0.632. The third-order valence-electron chi connectivity index (χ3n) is 4.46. The van der Waals surface area contributed by atoms with Crippen molar-refractivity contribution in [2.75, 3.05) is 32.5 Å². The number of nitrogens with zero attached hydrogens (tertiary/aromatic N) is 1. The Morgan fingerprint density at radius 3 is 2.76 bits per heavy atom. The van der Waals surface area contributed by atoms with Gasteiger partial charge in [0.15, 0.2) is 5.96 Å². The van der Waals surface area contributed by atoms with Gasteiger partial charge >= 0.3 is 0 Å². The smallest absolute Gasteiger partial charge is 0.191 e. The first-order valence-electron chi connectivity index (χ1n) is 8.87. The van der Waals surface area contributed by atoms with Crippen LogP contribution in [0.25, 0.3) is 0 Å². The number of nitrogens with one attached hydrogen (secondary N) is 2. The number of aliphatic imine (C=N–C) groups is 1. The standard InChI is InChI=1S/C19H31N3OS.HI/c1-5-20-18(22-14-19(3)11-8-12-24-19)21-13-15(2)16-9-6-7-10-17(16)23-4;/h6-7,9-10,15H,5,8,11-14H2,1-4H3,(H2,20,21,22);1H. The van der Waals surface area contributed by atoms with Crippen LogP contribution in [0, 0.1) is 0 Å². The van der Waals surface area contributed by atoms with E-state index in [9.17, 15) is 0 Å². The van der Waals surface area contributed by atoms with Crippen molar-refractivity contribution in [3.05, 3.63) is 29.8 Å². The Hall–Kier alpha value is -0.630. The van der Waals surface area contributed by atoms with Crippen molar-refractivity contribution >= 4 is 41.7 Å². The highest BCUT2D eigenvalue weighted by Gasteiger charge is 2.29. The first-order chi connectivity index (χ1) is 11.6. The van der Waals surface area contributed by atoms with Gasteiger partial charge in [0.2, 0.25) is 0 Å². The van der Waals surface area contributed by atoms with Crippen molar-refractivity contribution in [3.8, 4) is 5.75 Å². The maximum atomic E-state index is 5.47. The van der Waals surface area contributed by atoms with Crippen LogP contribution in [0.15, 0.2) is 29.3 Å². The maximum Gasteiger partial charge on any atom is 0.191 e. The number of rotatable bonds is 7. The number of ether oxygens (including phenoxy) is 1. The zero-order valence-electron chi connectivity index (χ0n) is 15.8. The number of methoxy groups -OCH3 is 1. The minimum absolute atomic E-state index is 0. The van der Waals surface area contributed by atoms with E-state index in [1.807, 2.05) is 12.1 Å². The molecular weight excluding hydrogens is 445 g/mol. The van der Waals surface area contributed by atoms with E-state index in [2.05, 4.69) is 55.3 Å². The minimum atomic E-state index is 0. The predicted molar refractivity (Wildman–Crippen MR) is 121 cm³/mol. The Morgan fingerprint density at radius 2 is 2.12 bits per heavy atom. The van der Waals surface area contributed by atoms with E-state index < -0.39 is 0 Å². The topological polar surface area (TPSA) is 45.7 Å². The molecule has 1 aromatic rings. The maximum absolute atomic E-state index is 5.47. The average Bonchev–Trinajstić information content (AvgIpc) is 3.04. The molecule has 2 atom stereocenters. The van der Waals surface area contributed by atoms with Gasteiger partial charge in [-0.05, 0) is 44.1 Å². The molecular formula is C19H32IN3OS. The van der Waals surface area contributed by atoms with Crippen LogP contribution in [0.3, 0.4) is 0 Å². The number of hydrogen-bond donors (Lipinski definition) is 2. The van der Waals surface area contributed by atoms with Crippen molar-refractivity contribution in [2.24, 2.45) is 4.99 Å². The van der Waals surface area contributed by atoms with Crippen molar-refractivity contribution in [3.63, 3.8) is 0 Å². The molecule has 4 nitrogen and oxygen atoms in total.